The number of Topliss-reactive ketones (excluding diaryl/α,β-unsaturated/α-hetero) is 1. The van der Waals surface area contributed by atoms with E-state index >= 15 is 0 Å². The van der Waals surface area contributed by atoms with Crippen LogP contribution in [0.5, 0.6) is 17.2 Å². The number of ketones is 1. The molecule has 0 fully saturated rings. The van der Waals surface area contributed by atoms with Crippen LogP contribution in [-0.4, -0.2) is 24.6 Å². The van der Waals surface area contributed by atoms with Crippen LogP contribution in [0.15, 0.2) is 98.3 Å². The Morgan fingerprint density at radius 3 is 2.52 bits per heavy atom. The number of methoxy groups -OCH3 is 2. The molecule has 1 atom stereocenters. The fraction of sp³-hybridized carbons (Fsp3) is 0.167. The van der Waals surface area contributed by atoms with E-state index in [1.54, 1.807) is 56.1 Å². The molecule has 230 valence electrons. The average molecular weight is 695 g/mol. The number of ether oxygens (including phenoxy) is 3. The van der Waals surface area contributed by atoms with Gasteiger partial charge in [0, 0.05) is 26.9 Å². The number of hydrogen-bond donors (Lipinski definition) is 0. The minimum atomic E-state index is -0.734. The number of benzene rings is 4. The highest BCUT2D eigenvalue weighted by molar-refractivity contribution is 9.10. The highest BCUT2D eigenvalue weighted by Crippen LogP contribution is 2.40. The highest BCUT2D eigenvalue weighted by atomic mass is 79.9. The van der Waals surface area contributed by atoms with Gasteiger partial charge in [-0.25, -0.2) is 4.99 Å². The Labute approximate surface area is 277 Å². The number of nitrogens with zero attached hydrogens (tertiary/aromatic N) is 3. The van der Waals surface area contributed by atoms with Gasteiger partial charge in [-0.1, -0.05) is 75.8 Å². The van der Waals surface area contributed by atoms with E-state index < -0.39 is 6.04 Å². The summed E-state index contributed by atoms with van der Waals surface area (Å²) in [6.07, 6.45) is 1.77. The molecule has 0 saturated heterocycles. The molecule has 0 amide bonds. The van der Waals surface area contributed by atoms with Crippen molar-refractivity contribution in [2.45, 2.75) is 26.5 Å². The second-order valence-electron chi connectivity index (χ2n) is 10.6. The van der Waals surface area contributed by atoms with Gasteiger partial charge in [-0.2, -0.15) is 5.26 Å². The monoisotopic (exact) mass is 693 g/mol. The number of halogens is 1. The normalized spacial score (nSPS) is 14.4. The molecule has 6 rings (SSSR count). The van der Waals surface area contributed by atoms with E-state index in [2.05, 4.69) is 22.0 Å². The van der Waals surface area contributed by atoms with Crippen molar-refractivity contribution in [1.82, 2.24) is 4.57 Å². The van der Waals surface area contributed by atoms with Crippen LogP contribution in [0.2, 0.25) is 0 Å². The first-order chi connectivity index (χ1) is 22.2. The van der Waals surface area contributed by atoms with Crippen LogP contribution in [0, 0.1) is 11.3 Å². The van der Waals surface area contributed by atoms with Crippen LogP contribution in [-0.2, 0) is 11.4 Å². The summed E-state index contributed by atoms with van der Waals surface area (Å²) in [4.78, 5) is 32.6. The van der Waals surface area contributed by atoms with Crippen molar-refractivity contribution in [1.29, 1.82) is 5.26 Å². The first-order valence-electron chi connectivity index (χ1n) is 14.3. The molecule has 2 heterocycles. The van der Waals surface area contributed by atoms with Crippen LogP contribution >= 0.6 is 27.3 Å². The van der Waals surface area contributed by atoms with E-state index in [0.717, 1.165) is 21.9 Å². The maximum atomic E-state index is 14.3. The molecule has 0 bridgehead atoms. The number of aromatic nitrogens is 1. The summed E-state index contributed by atoms with van der Waals surface area (Å²) in [5.41, 5.74) is 3.43. The summed E-state index contributed by atoms with van der Waals surface area (Å²) in [7, 11) is 3.13. The van der Waals surface area contributed by atoms with Crippen molar-refractivity contribution in [2.24, 2.45) is 4.99 Å². The van der Waals surface area contributed by atoms with Crippen LogP contribution < -0.4 is 29.1 Å². The van der Waals surface area contributed by atoms with E-state index in [1.807, 2.05) is 48.5 Å². The Morgan fingerprint density at radius 1 is 1.04 bits per heavy atom. The number of fused-ring (bicyclic) bond motifs is 2. The van der Waals surface area contributed by atoms with E-state index in [4.69, 9.17) is 19.2 Å². The van der Waals surface area contributed by atoms with Gasteiger partial charge < -0.3 is 14.2 Å². The lowest BCUT2D eigenvalue weighted by atomic mass is 9.89. The lowest BCUT2D eigenvalue weighted by Gasteiger charge is -2.27. The number of allylic oxidation sites excluding steroid dienone is 2. The van der Waals surface area contributed by atoms with Crippen molar-refractivity contribution in [3.05, 3.63) is 130 Å². The van der Waals surface area contributed by atoms with E-state index in [9.17, 15) is 14.9 Å². The Balaban J connectivity index is 1.48. The zero-order valence-electron chi connectivity index (χ0n) is 25.5. The van der Waals surface area contributed by atoms with Gasteiger partial charge in [-0.3, -0.25) is 14.2 Å². The highest BCUT2D eigenvalue weighted by Gasteiger charge is 2.34. The summed E-state index contributed by atoms with van der Waals surface area (Å²) >= 11 is 4.88. The van der Waals surface area contributed by atoms with Crippen LogP contribution in [0.1, 0.15) is 42.1 Å². The van der Waals surface area contributed by atoms with Crippen molar-refractivity contribution < 1.29 is 19.0 Å². The van der Waals surface area contributed by atoms with Gasteiger partial charge in [0.05, 0.1) is 36.4 Å². The molecule has 0 N–H and O–H groups in total. The second kappa shape index (κ2) is 12.8. The lowest BCUT2D eigenvalue weighted by Crippen LogP contribution is -2.39. The largest absolute Gasteiger partial charge is 0.496 e. The van der Waals surface area contributed by atoms with E-state index in [1.165, 1.54) is 18.3 Å². The van der Waals surface area contributed by atoms with Crippen LogP contribution in [0.3, 0.4) is 0 Å². The molecule has 1 aromatic heterocycles. The number of nitriles is 1. The Kier molecular flexibility index (Phi) is 8.63. The summed E-state index contributed by atoms with van der Waals surface area (Å²) in [6, 6.07) is 23.9. The van der Waals surface area contributed by atoms with Crippen molar-refractivity contribution in [2.75, 3.05) is 14.2 Å². The second-order valence-corrected chi connectivity index (χ2v) is 12.5. The summed E-state index contributed by atoms with van der Waals surface area (Å²) < 4.78 is 20.2. The molecular formula is C36H28BrN3O5S. The molecular weight excluding hydrogens is 666 g/mol. The quantitative estimate of drug-likeness (QED) is 0.192. The standard InChI is InChI=1S/C36H28BrN3O5S/c1-20-32(21(2)41)34(33-26-12-8-7-9-22(26)13-14-28(33)43-3)40-35(42)31(46-36(40)39-20)16-25-15-29(44-4)30(17-27(25)37)45-19-24-11-6-5-10-23(24)18-38/h5-17,34H,19H2,1-4H3/b31-16+/t34-/m1/s1. The van der Waals surface area contributed by atoms with Crippen molar-refractivity contribution in [3.63, 3.8) is 0 Å². The van der Waals surface area contributed by atoms with Crippen molar-refractivity contribution in [3.8, 4) is 23.3 Å². The Morgan fingerprint density at radius 2 is 1.78 bits per heavy atom. The molecule has 0 radical (unpaired) electrons. The van der Waals surface area contributed by atoms with Gasteiger partial charge in [0.2, 0.25) is 0 Å². The fourth-order valence-corrected chi connectivity index (χ4v) is 7.24. The molecule has 0 spiro atoms. The fourth-order valence-electron chi connectivity index (χ4n) is 5.77. The van der Waals surface area contributed by atoms with Gasteiger partial charge in [-0.05, 0) is 60.5 Å². The minimum Gasteiger partial charge on any atom is -0.496 e. The third kappa shape index (κ3) is 5.53. The third-order valence-electron chi connectivity index (χ3n) is 7.92. The average Bonchev–Trinajstić information content (AvgIpc) is 3.37. The van der Waals surface area contributed by atoms with Gasteiger partial charge in [-0.15, -0.1) is 0 Å². The van der Waals surface area contributed by atoms with Crippen LogP contribution in [0.4, 0.5) is 0 Å². The molecule has 0 saturated carbocycles. The van der Waals surface area contributed by atoms with Gasteiger partial charge >= 0.3 is 0 Å². The van der Waals surface area contributed by atoms with Crippen LogP contribution in [0.25, 0.3) is 16.8 Å². The Hall–Kier alpha value is -4.98. The smallest absolute Gasteiger partial charge is 0.271 e. The topological polar surface area (TPSA) is 103 Å². The number of carbonyl (C=O) groups excluding carboxylic acids is 1. The van der Waals surface area contributed by atoms with Crippen molar-refractivity contribution >= 4 is 49.9 Å². The molecule has 46 heavy (non-hydrogen) atoms. The number of thiazole rings is 1. The maximum absolute atomic E-state index is 14.3. The first-order valence-corrected chi connectivity index (χ1v) is 15.9. The number of hydrogen-bond acceptors (Lipinski definition) is 8. The summed E-state index contributed by atoms with van der Waals surface area (Å²) in [5, 5.41) is 11.3. The van der Waals surface area contributed by atoms with Gasteiger partial charge in [0.1, 0.15) is 12.4 Å². The minimum absolute atomic E-state index is 0.170. The maximum Gasteiger partial charge on any atom is 0.271 e. The predicted molar refractivity (Wildman–Crippen MR) is 181 cm³/mol. The van der Waals surface area contributed by atoms with Gasteiger partial charge in [0.15, 0.2) is 22.1 Å². The molecule has 1 aliphatic rings. The zero-order chi connectivity index (χ0) is 32.5. The third-order valence-corrected chi connectivity index (χ3v) is 9.59. The molecule has 0 unspecified atom stereocenters. The molecule has 5 aromatic rings. The molecule has 1 aliphatic heterocycles. The Bertz CT molecular complexity index is 2300. The van der Waals surface area contributed by atoms with E-state index in [-0.39, 0.29) is 17.9 Å². The van der Waals surface area contributed by atoms with E-state index in [0.29, 0.717) is 53.5 Å². The molecule has 4 aromatic carbocycles. The number of carbonyl (C=O) groups is 1. The number of rotatable bonds is 8. The summed E-state index contributed by atoms with van der Waals surface area (Å²) in [5.74, 6) is 1.35. The lowest BCUT2D eigenvalue weighted by molar-refractivity contribution is -0.114. The molecule has 10 heteroatoms. The summed E-state index contributed by atoms with van der Waals surface area (Å²) in [6.45, 7) is 3.48. The predicted octanol–water partition coefficient (Wildman–Crippen LogP) is 6.21. The van der Waals surface area contributed by atoms with Gasteiger partial charge in [0.25, 0.3) is 5.56 Å². The SMILES string of the molecule is COc1cc(/C=c2/sc3n(c2=O)[C@@H](c2c(OC)ccc4ccccc24)C(C(C)=O)=C(C)N=3)c(Br)cc1OCc1ccccc1C#N. The zero-order valence-corrected chi connectivity index (χ0v) is 27.9. The molecule has 8 nitrogen and oxygen atoms in total. The molecule has 0 aliphatic carbocycles. The first kappa shape index (κ1) is 31.0.